The maximum atomic E-state index is 12.7. The van der Waals surface area contributed by atoms with Gasteiger partial charge in [0.25, 0.3) is 0 Å². The highest BCUT2D eigenvalue weighted by Gasteiger charge is 2.23. The van der Waals surface area contributed by atoms with Crippen LogP contribution in [-0.2, 0) is 0 Å². The number of aromatic amines is 1. The molecule has 1 aliphatic heterocycles. The lowest BCUT2D eigenvalue weighted by atomic mass is 9.89. The van der Waals surface area contributed by atoms with Crippen molar-refractivity contribution in [1.82, 2.24) is 9.88 Å². The van der Waals surface area contributed by atoms with Crippen LogP contribution in [0.2, 0.25) is 0 Å². The van der Waals surface area contributed by atoms with Crippen molar-refractivity contribution in [2.24, 2.45) is 0 Å². The normalized spacial score (nSPS) is 16.5. The van der Waals surface area contributed by atoms with Crippen LogP contribution in [0.5, 0.6) is 0 Å². The molecule has 122 valence electrons. The monoisotopic (exact) mass is 318 g/mol. The predicted molar refractivity (Wildman–Crippen MR) is 97.5 cm³/mol. The molecule has 1 aromatic heterocycles. The lowest BCUT2D eigenvalue weighted by molar-refractivity contribution is 0.0911. The van der Waals surface area contributed by atoms with Gasteiger partial charge >= 0.3 is 0 Å². The Kier molecular flexibility index (Phi) is 4.18. The van der Waals surface area contributed by atoms with Crippen molar-refractivity contribution in [2.75, 3.05) is 19.6 Å². The number of nitrogens with one attached hydrogen (secondary N) is 1. The summed E-state index contributed by atoms with van der Waals surface area (Å²) in [4.78, 5) is 18.2. The molecule has 24 heavy (non-hydrogen) atoms. The molecule has 0 saturated carbocycles. The van der Waals surface area contributed by atoms with Gasteiger partial charge in [0.1, 0.15) is 0 Å². The number of ketones is 1. The topological polar surface area (TPSA) is 36.1 Å². The molecule has 1 saturated heterocycles. The fourth-order valence-electron chi connectivity index (χ4n) is 3.74. The van der Waals surface area contributed by atoms with Crippen LogP contribution in [0.25, 0.3) is 10.9 Å². The highest BCUT2D eigenvalue weighted by Crippen LogP contribution is 2.28. The molecule has 0 spiro atoms. The van der Waals surface area contributed by atoms with E-state index in [4.69, 9.17) is 0 Å². The molecular formula is C21H22N2O. The van der Waals surface area contributed by atoms with Gasteiger partial charge in [0.2, 0.25) is 0 Å². The molecule has 0 atom stereocenters. The highest BCUT2D eigenvalue weighted by atomic mass is 16.1. The summed E-state index contributed by atoms with van der Waals surface area (Å²) in [5, 5.41) is 1.03. The van der Waals surface area contributed by atoms with Crippen molar-refractivity contribution < 1.29 is 4.79 Å². The summed E-state index contributed by atoms with van der Waals surface area (Å²) in [6.07, 6.45) is 4.11. The molecule has 0 unspecified atom stereocenters. The summed E-state index contributed by atoms with van der Waals surface area (Å²) < 4.78 is 0. The highest BCUT2D eigenvalue weighted by molar-refractivity contribution is 6.08. The van der Waals surface area contributed by atoms with E-state index in [1.807, 2.05) is 30.5 Å². The Morgan fingerprint density at radius 3 is 2.50 bits per heavy atom. The van der Waals surface area contributed by atoms with E-state index >= 15 is 0 Å². The number of hydrogen-bond acceptors (Lipinski definition) is 2. The molecule has 1 N–H and O–H groups in total. The molecule has 0 aliphatic carbocycles. The van der Waals surface area contributed by atoms with Crippen molar-refractivity contribution in [1.29, 1.82) is 0 Å². The van der Waals surface area contributed by atoms with E-state index in [1.165, 1.54) is 5.56 Å². The van der Waals surface area contributed by atoms with Crippen LogP contribution in [0.4, 0.5) is 0 Å². The molecule has 2 aromatic carbocycles. The minimum atomic E-state index is 0.214. The summed E-state index contributed by atoms with van der Waals surface area (Å²) in [6, 6.07) is 18.7. The summed E-state index contributed by atoms with van der Waals surface area (Å²) in [5.74, 6) is 0.844. The van der Waals surface area contributed by atoms with Gasteiger partial charge < -0.3 is 4.98 Å². The van der Waals surface area contributed by atoms with E-state index in [9.17, 15) is 4.79 Å². The second-order valence-electron chi connectivity index (χ2n) is 6.63. The number of hydrogen-bond donors (Lipinski definition) is 1. The van der Waals surface area contributed by atoms with Crippen LogP contribution in [0, 0.1) is 0 Å². The molecule has 3 nitrogen and oxygen atoms in total. The summed E-state index contributed by atoms with van der Waals surface area (Å²) in [6.45, 7) is 2.50. The number of H-pyrrole nitrogens is 1. The van der Waals surface area contributed by atoms with Crippen LogP contribution in [0.3, 0.4) is 0 Å². The second-order valence-corrected chi connectivity index (χ2v) is 6.63. The molecule has 0 radical (unpaired) electrons. The Balaban J connectivity index is 1.39. The molecule has 0 bridgehead atoms. The summed E-state index contributed by atoms with van der Waals surface area (Å²) in [5.41, 5.74) is 3.28. The molecule has 0 amide bonds. The lowest BCUT2D eigenvalue weighted by Gasteiger charge is -2.31. The number of fused-ring (bicyclic) bond motifs is 1. The Bertz CT molecular complexity index is 829. The van der Waals surface area contributed by atoms with Crippen molar-refractivity contribution in [3.63, 3.8) is 0 Å². The van der Waals surface area contributed by atoms with Crippen molar-refractivity contribution in [3.05, 3.63) is 71.9 Å². The zero-order valence-electron chi connectivity index (χ0n) is 13.7. The number of piperidine rings is 1. The Morgan fingerprint density at radius 2 is 1.71 bits per heavy atom. The molecular weight excluding hydrogens is 296 g/mol. The average Bonchev–Trinajstić information content (AvgIpc) is 3.07. The van der Waals surface area contributed by atoms with Gasteiger partial charge in [0, 0.05) is 22.7 Å². The van der Waals surface area contributed by atoms with Crippen LogP contribution in [0.1, 0.15) is 34.7 Å². The maximum absolute atomic E-state index is 12.7. The average molecular weight is 318 g/mol. The van der Waals surface area contributed by atoms with Gasteiger partial charge in [-0.25, -0.2) is 0 Å². The first-order valence-electron chi connectivity index (χ1n) is 8.68. The van der Waals surface area contributed by atoms with Gasteiger partial charge in [0.15, 0.2) is 5.78 Å². The summed E-state index contributed by atoms with van der Waals surface area (Å²) in [7, 11) is 0. The largest absolute Gasteiger partial charge is 0.360 e. The van der Waals surface area contributed by atoms with E-state index in [2.05, 4.69) is 40.2 Å². The number of rotatable bonds is 4. The van der Waals surface area contributed by atoms with Gasteiger partial charge in [-0.3, -0.25) is 9.69 Å². The van der Waals surface area contributed by atoms with Crippen molar-refractivity contribution in [2.45, 2.75) is 18.8 Å². The van der Waals surface area contributed by atoms with Crippen LogP contribution in [-0.4, -0.2) is 35.3 Å². The third-order valence-electron chi connectivity index (χ3n) is 5.12. The zero-order chi connectivity index (χ0) is 16.4. The Morgan fingerprint density at radius 1 is 1.00 bits per heavy atom. The van der Waals surface area contributed by atoms with E-state index in [0.717, 1.165) is 42.4 Å². The van der Waals surface area contributed by atoms with Gasteiger partial charge in [-0.05, 0) is 43.5 Å². The number of Topliss-reactive ketones (excluding diaryl/α,β-unsaturated/α-hetero) is 1. The van der Waals surface area contributed by atoms with E-state index < -0.39 is 0 Å². The standard InChI is InChI=1S/C21H22N2O/c24-21(19-14-22-20-9-5-4-8-18(19)20)15-23-12-10-17(11-13-23)16-6-2-1-3-7-16/h1-9,14,17,22H,10-13,15H2. The zero-order valence-corrected chi connectivity index (χ0v) is 13.7. The predicted octanol–water partition coefficient (Wildman–Crippen LogP) is 4.23. The minimum absolute atomic E-state index is 0.214. The lowest BCUT2D eigenvalue weighted by Crippen LogP contribution is -2.36. The van der Waals surface area contributed by atoms with Crippen molar-refractivity contribution >= 4 is 16.7 Å². The molecule has 2 heterocycles. The number of likely N-dealkylation sites (tertiary alicyclic amines) is 1. The fourth-order valence-corrected chi connectivity index (χ4v) is 3.74. The van der Waals surface area contributed by atoms with E-state index in [0.29, 0.717) is 12.5 Å². The van der Waals surface area contributed by atoms with Crippen LogP contribution in [0.15, 0.2) is 60.8 Å². The minimum Gasteiger partial charge on any atom is -0.360 e. The first kappa shape index (κ1) is 15.2. The van der Waals surface area contributed by atoms with Gasteiger partial charge in [-0.1, -0.05) is 48.5 Å². The van der Waals surface area contributed by atoms with Crippen molar-refractivity contribution in [3.8, 4) is 0 Å². The smallest absolute Gasteiger partial charge is 0.178 e. The number of carbonyl (C=O) groups is 1. The van der Waals surface area contributed by atoms with Gasteiger partial charge in [0.05, 0.1) is 6.54 Å². The Hall–Kier alpha value is -2.39. The molecule has 3 aromatic rings. The van der Waals surface area contributed by atoms with Crippen LogP contribution >= 0.6 is 0 Å². The number of para-hydroxylation sites is 1. The number of aromatic nitrogens is 1. The van der Waals surface area contributed by atoms with E-state index in [1.54, 1.807) is 0 Å². The third-order valence-corrected chi connectivity index (χ3v) is 5.12. The number of nitrogens with zero attached hydrogens (tertiary/aromatic N) is 1. The maximum Gasteiger partial charge on any atom is 0.178 e. The molecule has 1 fully saturated rings. The molecule has 4 rings (SSSR count). The first-order chi connectivity index (χ1) is 11.8. The number of benzene rings is 2. The SMILES string of the molecule is O=C(CN1CCC(c2ccccc2)CC1)c1c[nH]c2ccccc12. The van der Waals surface area contributed by atoms with E-state index in [-0.39, 0.29) is 5.78 Å². The Labute approximate surface area is 142 Å². The third kappa shape index (κ3) is 3.00. The van der Waals surface area contributed by atoms with Gasteiger partial charge in [-0.15, -0.1) is 0 Å². The second kappa shape index (κ2) is 6.62. The summed E-state index contributed by atoms with van der Waals surface area (Å²) >= 11 is 0. The quantitative estimate of drug-likeness (QED) is 0.731. The molecule has 1 aliphatic rings. The first-order valence-corrected chi connectivity index (χ1v) is 8.68. The fraction of sp³-hybridized carbons (Fsp3) is 0.286. The molecule has 3 heteroatoms. The van der Waals surface area contributed by atoms with Gasteiger partial charge in [-0.2, -0.15) is 0 Å². The van der Waals surface area contributed by atoms with Crippen LogP contribution < -0.4 is 0 Å². The number of carbonyl (C=O) groups excluding carboxylic acids is 1.